The lowest BCUT2D eigenvalue weighted by Crippen LogP contribution is -2.01. The number of aryl methyl sites for hydroxylation is 2. The number of carboxylic acid groups (broad SMARTS) is 1. The molecule has 8 heteroatoms. The quantitative estimate of drug-likeness (QED) is 0.313. The van der Waals surface area contributed by atoms with E-state index in [1.165, 1.54) is 0 Å². The Kier molecular flexibility index (Phi) is 5.93. The first-order chi connectivity index (χ1) is 14.9. The molecule has 2 aromatic carbocycles. The van der Waals surface area contributed by atoms with Gasteiger partial charge in [0.2, 0.25) is 0 Å². The third kappa shape index (κ3) is 4.26. The van der Waals surface area contributed by atoms with Crippen molar-refractivity contribution in [1.82, 2.24) is 9.97 Å². The average molecular weight is 498 g/mol. The fourth-order valence-electron chi connectivity index (χ4n) is 3.42. The molecule has 0 bridgehead atoms. The molecule has 2 aromatic heterocycles. The topological polar surface area (TPSA) is 84.3 Å². The number of benzene rings is 2. The number of fused-ring (bicyclic) bond motifs is 1. The summed E-state index contributed by atoms with van der Waals surface area (Å²) in [5, 5.41) is 13.5. The maximum Gasteiger partial charge on any atom is 0.335 e. The number of hydrogen-bond acceptors (Lipinski definition) is 6. The Hall–Kier alpha value is -2.97. The van der Waals surface area contributed by atoms with Crippen LogP contribution in [0.2, 0.25) is 0 Å². The molecule has 4 aromatic rings. The third-order valence-electron chi connectivity index (χ3n) is 4.76. The van der Waals surface area contributed by atoms with Gasteiger partial charge < -0.3 is 15.2 Å². The van der Waals surface area contributed by atoms with E-state index in [4.69, 9.17) is 4.74 Å². The fourth-order valence-corrected chi connectivity index (χ4v) is 4.99. The van der Waals surface area contributed by atoms with Gasteiger partial charge in [-0.2, -0.15) is 0 Å². The number of aromatic carboxylic acids is 1. The molecule has 0 saturated carbocycles. The Morgan fingerprint density at radius 2 is 1.90 bits per heavy atom. The van der Waals surface area contributed by atoms with Crippen molar-refractivity contribution in [2.75, 3.05) is 11.9 Å². The molecule has 0 spiro atoms. The number of rotatable bonds is 6. The van der Waals surface area contributed by atoms with Gasteiger partial charge in [0.1, 0.15) is 22.2 Å². The van der Waals surface area contributed by atoms with Gasteiger partial charge in [0, 0.05) is 14.9 Å². The van der Waals surface area contributed by atoms with E-state index in [1.54, 1.807) is 29.5 Å². The number of carboxylic acids is 1. The van der Waals surface area contributed by atoms with E-state index in [0.29, 0.717) is 22.7 Å². The Morgan fingerprint density at radius 3 is 2.55 bits per heavy atom. The molecule has 0 unspecified atom stereocenters. The molecule has 0 aliphatic heterocycles. The van der Waals surface area contributed by atoms with Gasteiger partial charge in [-0.15, -0.1) is 11.3 Å². The lowest BCUT2D eigenvalue weighted by atomic mass is 10.0. The highest BCUT2D eigenvalue weighted by molar-refractivity contribution is 9.10. The lowest BCUT2D eigenvalue weighted by molar-refractivity contribution is 0.0697. The minimum atomic E-state index is -0.973. The van der Waals surface area contributed by atoms with Crippen LogP contribution in [0.5, 0.6) is 5.75 Å². The normalized spacial score (nSPS) is 11.0. The zero-order valence-electron chi connectivity index (χ0n) is 17.2. The molecule has 0 amide bonds. The molecule has 0 fully saturated rings. The molecule has 0 saturated heterocycles. The summed E-state index contributed by atoms with van der Waals surface area (Å²) in [4.78, 5) is 22.6. The number of carbonyl (C=O) groups is 1. The summed E-state index contributed by atoms with van der Waals surface area (Å²) in [7, 11) is 0. The molecule has 31 heavy (non-hydrogen) atoms. The van der Waals surface area contributed by atoms with Crippen molar-refractivity contribution in [2.45, 2.75) is 20.8 Å². The summed E-state index contributed by atoms with van der Waals surface area (Å²) < 4.78 is 6.22. The molecule has 0 radical (unpaired) electrons. The maximum atomic E-state index is 11.2. The van der Waals surface area contributed by atoms with Gasteiger partial charge in [-0.1, -0.05) is 12.1 Å². The van der Waals surface area contributed by atoms with Gasteiger partial charge in [0.25, 0.3) is 0 Å². The van der Waals surface area contributed by atoms with Gasteiger partial charge in [-0.05, 0) is 72.6 Å². The van der Waals surface area contributed by atoms with Gasteiger partial charge in [0.15, 0.2) is 0 Å². The van der Waals surface area contributed by atoms with Crippen molar-refractivity contribution >= 4 is 55.0 Å². The van der Waals surface area contributed by atoms with E-state index in [2.05, 4.69) is 38.1 Å². The van der Waals surface area contributed by atoms with Gasteiger partial charge in [0.05, 0.1) is 23.2 Å². The number of nitrogens with zero attached hydrogens (tertiary/aromatic N) is 2. The van der Waals surface area contributed by atoms with E-state index >= 15 is 0 Å². The number of aromatic nitrogens is 2. The van der Waals surface area contributed by atoms with Crippen molar-refractivity contribution in [3.8, 4) is 16.9 Å². The van der Waals surface area contributed by atoms with Crippen LogP contribution >= 0.6 is 27.3 Å². The van der Waals surface area contributed by atoms with Crippen molar-refractivity contribution in [3.05, 3.63) is 63.2 Å². The van der Waals surface area contributed by atoms with Crippen molar-refractivity contribution in [3.63, 3.8) is 0 Å². The molecular formula is C23H20BrN3O3S. The molecule has 0 atom stereocenters. The third-order valence-corrected chi connectivity index (χ3v) is 6.42. The van der Waals surface area contributed by atoms with Crippen LogP contribution in [0, 0.1) is 13.8 Å². The Bertz CT molecular complexity index is 1290. The molecular weight excluding hydrogens is 478 g/mol. The highest BCUT2D eigenvalue weighted by atomic mass is 79.9. The summed E-state index contributed by atoms with van der Waals surface area (Å²) in [6, 6.07) is 12.9. The fraction of sp³-hybridized carbons (Fsp3) is 0.174. The number of halogens is 1. The largest absolute Gasteiger partial charge is 0.494 e. The van der Waals surface area contributed by atoms with Crippen LogP contribution < -0.4 is 10.1 Å². The van der Waals surface area contributed by atoms with E-state index in [9.17, 15) is 9.90 Å². The zero-order chi connectivity index (χ0) is 22.1. The first kappa shape index (κ1) is 21.3. The second-order valence-electron chi connectivity index (χ2n) is 6.91. The standard InChI is InChI=1S/C23H20BrN3O3S/c1-4-30-16-8-5-14(6-9-16)19-12(2)31-22-20(19)21(25-13(3)26-22)27-18-10-7-15(23(28)29)11-17(18)24/h5-11H,4H2,1-3H3,(H,28,29)(H,25,26,27). The van der Waals surface area contributed by atoms with E-state index in [-0.39, 0.29) is 5.56 Å². The minimum Gasteiger partial charge on any atom is -0.494 e. The first-order valence-electron chi connectivity index (χ1n) is 9.68. The molecule has 2 heterocycles. The van der Waals surface area contributed by atoms with E-state index in [1.807, 2.05) is 38.1 Å². The molecule has 6 nitrogen and oxygen atoms in total. The molecule has 4 rings (SSSR count). The zero-order valence-corrected chi connectivity index (χ0v) is 19.6. The van der Waals surface area contributed by atoms with Crippen molar-refractivity contribution in [1.29, 1.82) is 0 Å². The minimum absolute atomic E-state index is 0.211. The van der Waals surface area contributed by atoms with Crippen molar-refractivity contribution < 1.29 is 14.6 Å². The monoisotopic (exact) mass is 497 g/mol. The Balaban J connectivity index is 1.83. The summed E-state index contributed by atoms with van der Waals surface area (Å²) in [5.74, 6) is 1.20. The number of anilines is 2. The van der Waals surface area contributed by atoms with Crippen LogP contribution in [0.15, 0.2) is 46.9 Å². The van der Waals surface area contributed by atoms with Gasteiger partial charge >= 0.3 is 5.97 Å². The maximum absolute atomic E-state index is 11.2. The smallest absolute Gasteiger partial charge is 0.335 e. The molecule has 0 aliphatic carbocycles. The SMILES string of the molecule is CCOc1ccc(-c2c(C)sc3nc(C)nc(Nc4ccc(C(=O)O)cc4Br)c23)cc1. The predicted molar refractivity (Wildman–Crippen MR) is 128 cm³/mol. The summed E-state index contributed by atoms with van der Waals surface area (Å²) in [6.45, 7) is 6.52. The first-order valence-corrected chi connectivity index (χ1v) is 11.3. The van der Waals surface area contributed by atoms with Gasteiger partial charge in [-0.3, -0.25) is 0 Å². The summed E-state index contributed by atoms with van der Waals surface area (Å²) >= 11 is 5.09. The Labute approximate surface area is 192 Å². The Morgan fingerprint density at radius 1 is 1.16 bits per heavy atom. The van der Waals surface area contributed by atoms with Crippen LogP contribution in [0.4, 0.5) is 11.5 Å². The molecule has 2 N–H and O–H groups in total. The van der Waals surface area contributed by atoms with Crippen LogP contribution in [0.1, 0.15) is 28.0 Å². The van der Waals surface area contributed by atoms with E-state index < -0.39 is 5.97 Å². The summed E-state index contributed by atoms with van der Waals surface area (Å²) in [6.07, 6.45) is 0. The number of nitrogens with one attached hydrogen (secondary N) is 1. The number of hydrogen-bond donors (Lipinski definition) is 2. The highest BCUT2D eigenvalue weighted by Crippen LogP contribution is 2.42. The van der Waals surface area contributed by atoms with Gasteiger partial charge in [-0.25, -0.2) is 14.8 Å². The van der Waals surface area contributed by atoms with E-state index in [0.717, 1.165) is 37.7 Å². The summed E-state index contributed by atoms with van der Waals surface area (Å²) in [5.41, 5.74) is 3.07. The second-order valence-corrected chi connectivity index (χ2v) is 8.97. The second kappa shape index (κ2) is 8.64. The predicted octanol–water partition coefficient (Wildman–Crippen LogP) is 6.58. The van der Waals surface area contributed by atoms with Crippen molar-refractivity contribution in [2.24, 2.45) is 0 Å². The van der Waals surface area contributed by atoms with Crippen LogP contribution in [-0.4, -0.2) is 27.7 Å². The lowest BCUT2D eigenvalue weighted by Gasteiger charge is -2.12. The van der Waals surface area contributed by atoms with Crippen LogP contribution in [0.25, 0.3) is 21.3 Å². The molecule has 158 valence electrons. The molecule has 0 aliphatic rings. The van der Waals surface area contributed by atoms with Crippen LogP contribution in [-0.2, 0) is 0 Å². The van der Waals surface area contributed by atoms with Crippen LogP contribution in [0.3, 0.4) is 0 Å². The number of ether oxygens (including phenoxy) is 1. The average Bonchev–Trinajstić information content (AvgIpc) is 3.06. The highest BCUT2D eigenvalue weighted by Gasteiger charge is 2.19. The number of thiophene rings is 1.